The normalized spacial score (nSPS) is 12.0. The summed E-state index contributed by atoms with van der Waals surface area (Å²) in [6.07, 6.45) is 0.432. The average Bonchev–Trinajstić information content (AvgIpc) is 2.41. The number of halogens is 1. The molecule has 0 saturated heterocycles. The van der Waals surface area contributed by atoms with Crippen molar-refractivity contribution in [1.29, 1.82) is 0 Å². The first-order chi connectivity index (χ1) is 9.10. The Morgan fingerprint density at radius 2 is 2.11 bits per heavy atom. The van der Waals surface area contributed by atoms with E-state index in [2.05, 4.69) is 0 Å². The summed E-state index contributed by atoms with van der Waals surface area (Å²) in [6, 6.07) is 5.90. The molecule has 1 rings (SSSR count). The van der Waals surface area contributed by atoms with Gasteiger partial charge in [0.15, 0.2) is 0 Å². The van der Waals surface area contributed by atoms with Crippen LogP contribution in [0, 0.1) is 5.82 Å². The first kappa shape index (κ1) is 15.4. The minimum Gasteiger partial charge on any atom is -0.465 e. The number of hydrogen-bond acceptors (Lipinski definition) is 4. The quantitative estimate of drug-likeness (QED) is 0.768. The number of anilines is 1. The van der Waals surface area contributed by atoms with Gasteiger partial charge in [-0.1, -0.05) is 12.1 Å². The molecule has 0 spiro atoms. The Morgan fingerprint density at radius 3 is 2.68 bits per heavy atom. The summed E-state index contributed by atoms with van der Waals surface area (Å²) in [5.74, 6) is -0.679. The Labute approximate surface area is 113 Å². The minimum atomic E-state index is -0.666. The van der Waals surface area contributed by atoms with Crippen LogP contribution in [-0.4, -0.2) is 31.7 Å². The van der Waals surface area contributed by atoms with E-state index < -0.39 is 12.0 Å². The molecule has 1 aromatic carbocycles. The van der Waals surface area contributed by atoms with Crippen LogP contribution in [0.2, 0.25) is 0 Å². The number of nitrogens with zero attached hydrogens (tertiary/aromatic N) is 1. The molecule has 0 saturated carbocycles. The molecule has 4 nitrogen and oxygen atoms in total. The van der Waals surface area contributed by atoms with Gasteiger partial charge in [-0.3, -0.25) is 4.79 Å². The molecule has 2 N–H and O–H groups in total. The number of carbonyl (C=O) groups excluding carboxylic acids is 1. The Kier molecular flexibility index (Phi) is 6.29. The fourth-order valence-electron chi connectivity index (χ4n) is 1.82. The number of nitrogens with two attached hydrogens (primary N) is 1. The van der Waals surface area contributed by atoms with Crippen LogP contribution in [0.1, 0.15) is 20.3 Å². The van der Waals surface area contributed by atoms with Crippen LogP contribution in [0.5, 0.6) is 0 Å². The maximum atomic E-state index is 13.7. The molecule has 0 aliphatic heterocycles. The van der Waals surface area contributed by atoms with Gasteiger partial charge in [-0.2, -0.15) is 0 Å². The van der Waals surface area contributed by atoms with Gasteiger partial charge in [0.2, 0.25) is 0 Å². The van der Waals surface area contributed by atoms with Gasteiger partial charge in [-0.25, -0.2) is 4.39 Å². The molecule has 0 aromatic heterocycles. The van der Waals surface area contributed by atoms with E-state index in [1.54, 1.807) is 25.1 Å². The molecule has 19 heavy (non-hydrogen) atoms. The third-order valence-corrected chi connectivity index (χ3v) is 2.87. The average molecular weight is 268 g/mol. The predicted molar refractivity (Wildman–Crippen MR) is 73.5 cm³/mol. The second-order valence-corrected chi connectivity index (χ2v) is 4.18. The largest absolute Gasteiger partial charge is 0.465 e. The monoisotopic (exact) mass is 268 g/mol. The number of hydrogen-bond donors (Lipinski definition) is 1. The third-order valence-electron chi connectivity index (χ3n) is 2.87. The number of rotatable bonds is 7. The summed E-state index contributed by atoms with van der Waals surface area (Å²) in [6.45, 7) is 5.15. The molecular weight excluding hydrogens is 247 g/mol. The van der Waals surface area contributed by atoms with Crippen molar-refractivity contribution in [3.05, 3.63) is 30.1 Å². The Balaban J connectivity index is 2.59. The summed E-state index contributed by atoms with van der Waals surface area (Å²) in [4.78, 5) is 13.3. The first-order valence-electron chi connectivity index (χ1n) is 6.51. The van der Waals surface area contributed by atoms with Crippen molar-refractivity contribution in [2.24, 2.45) is 5.73 Å². The molecule has 0 heterocycles. The van der Waals surface area contributed by atoms with Crippen LogP contribution in [0.15, 0.2) is 24.3 Å². The molecule has 1 atom stereocenters. The fraction of sp³-hybridized carbons (Fsp3) is 0.500. The molecule has 5 heteroatoms. The lowest BCUT2D eigenvalue weighted by atomic mass is 10.2. The van der Waals surface area contributed by atoms with Gasteiger partial charge in [0.25, 0.3) is 0 Å². The lowest BCUT2D eigenvalue weighted by molar-refractivity contribution is -0.144. The molecule has 1 aromatic rings. The standard InChI is InChI=1S/C14H21FN2O2/c1-3-17(13-8-6-5-7-11(13)15)10-9-12(16)14(18)19-4-2/h5-8,12H,3-4,9-10,16H2,1-2H3. The van der Waals surface area contributed by atoms with Gasteiger partial charge in [0.1, 0.15) is 11.9 Å². The summed E-state index contributed by atoms with van der Waals surface area (Å²) in [7, 11) is 0. The van der Waals surface area contributed by atoms with Gasteiger partial charge in [-0.05, 0) is 32.4 Å². The van der Waals surface area contributed by atoms with E-state index in [4.69, 9.17) is 10.5 Å². The van der Waals surface area contributed by atoms with Crippen LogP contribution in [0.4, 0.5) is 10.1 Å². The van der Waals surface area contributed by atoms with Crippen molar-refractivity contribution in [2.45, 2.75) is 26.3 Å². The highest BCUT2D eigenvalue weighted by molar-refractivity contribution is 5.75. The van der Waals surface area contributed by atoms with E-state index in [9.17, 15) is 9.18 Å². The van der Waals surface area contributed by atoms with Crippen LogP contribution >= 0.6 is 0 Å². The van der Waals surface area contributed by atoms with Crippen LogP contribution in [-0.2, 0) is 9.53 Å². The number of carbonyl (C=O) groups is 1. The predicted octanol–water partition coefficient (Wildman–Crippen LogP) is 1.93. The third kappa shape index (κ3) is 4.52. The fourth-order valence-corrected chi connectivity index (χ4v) is 1.82. The van der Waals surface area contributed by atoms with Gasteiger partial charge in [-0.15, -0.1) is 0 Å². The Hall–Kier alpha value is -1.62. The minimum absolute atomic E-state index is 0.269. The summed E-state index contributed by atoms with van der Waals surface area (Å²) < 4.78 is 18.5. The first-order valence-corrected chi connectivity index (χ1v) is 6.51. The zero-order valence-corrected chi connectivity index (χ0v) is 11.4. The number of benzene rings is 1. The van der Waals surface area contributed by atoms with Crippen molar-refractivity contribution in [2.75, 3.05) is 24.6 Å². The summed E-state index contributed by atoms with van der Waals surface area (Å²) in [5, 5.41) is 0. The van der Waals surface area contributed by atoms with Gasteiger partial charge >= 0.3 is 5.97 Å². The Bertz CT molecular complexity index is 412. The SMILES string of the molecule is CCOC(=O)C(N)CCN(CC)c1ccccc1F. The van der Waals surface area contributed by atoms with Crippen LogP contribution < -0.4 is 10.6 Å². The molecule has 0 aliphatic rings. The van der Waals surface area contributed by atoms with Gasteiger partial charge < -0.3 is 15.4 Å². The van der Waals surface area contributed by atoms with Crippen molar-refractivity contribution < 1.29 is 13.9 Å². The van der Waals surface area contributed by atoms with E-state index >= 15 is 0 Å². The van der Waals surface area contributed by atoms with Crippen molar-refractivity contribution in [1.82, 2.24) is 0 Å². The van der Waals surface area contributed by atoms with Crippen molar-refractivity contribution >= 4 is 11.7 Å². The summed E-state index contributed by atoms with van der Waals surface area (Å²) in [5.41, 5.74) is 6.26. The molecule has 0 amide bonds. The highest BCUT2D eigenvalue weighted by Crippen LogP contribution is 2.18. The van der Waals surface area contributed by atoms with Crippen LogP contribution in [0.25, 0.3) is 0 Å². The second-order valence-electron chi connectivity index (χ2n) is 4.18. The highest BCUT2D eigenvalue weighted by Gasteiger charge is 2.17. The molecule has 0 radical (unpaired) electrons. The van der Waals surface area contributed by atoms with Crippen molar-refractivity contribution in [3.63, 3.8) is 0 Å². The molecule has 0 fully saturated rings. The maximum absolute atomic E-state index is 13.7. The topological polar surface area (TPSA) is 55.6 Å². The molecule has 1 unspecified atom stereocenters. The molecule has 106 valence electrons. The molecule has 0 bridgehead atoms. The van der Waals surface area contributed by atoms with E-state index in [1.165, 1.54) is 6.07 Å². The van der Waals surface area contributed by atoms with E-state index in [1.807, 2.05) is 11.8 Å². The second kappa shape index (κ2) is 7.74. The Morgan fingerprint density at radius 1 is 1.42 bits per heavy atom. The van der Waals surface area contributed by atoms with Gasteiger partial charge in [0, 0.05) is 13.1 Å². The maximum Gasteiger partial charge on any atom is 0.322 e. The highest BCUT2D eigenvalue weighted by atomic mass is 19.1. The van der Waals surface area contributed by atoms with E-state index in [-0.39, 0.29) is 5.82 Å². The van der Waals surface area contributed by atoms with Crippen molar-refractivity contribution in [3.8, 4) is 0 Å². The number of para-hydroxylation sites is 1. The molecule has 0 aliphatic carbocycles. The lowest BCUT2D eigenvalue weighted by Crippen LogP contribution is -2.37. The zero-order chi connectivity index (χ0) is 14.3. The smallest absolute Gasteiger partial charge is 0.322 e. The number of esters is 1. The lowest BCUT2D eigenvalue weighted by Gasteiger charge is -2.24. The van der Waals surface area contributed by atoms with Gasteiger partial charge in [0.05, 0.1) is 12.3 Å². The molecular formula is C14H21FN2O2. The number of ether oxygens (including phenoxy) is 1. The van der Waals surface area contributed by atoms with Crippen LogP contribution in [0.3, 0.4) is 0 Å². The zero-order valence-electron chi connectivity index (χ0n) is 11.4. The summed E-state index contributed by atoms with van der Waals surface area (Å²) >= 11 is 0. The van der Waals surface area contributed by atoms with E-state index in [0.717, 1.165) is 0 Å². The van der Waals surface area contributed by atoms with E-state index in [0.29, 0.717) is 31.8 Å².